The van der Waals surface area contributed by atoms with Gasteiger partial charge in [-0.05, 0) is 230 Å². The van der Waals surface area contributed by atoms with Crippen molar-refractivity contribution >= 4 is 0 Å². The van der Waals surface area contributed by atoms with Crippen molar-refractivity contribution in [2.45, 2.75) is 316 Å². The highest BCUT2D eigenvalue weighted by Gasteiger charge is 2.43. The number of nitrogens with two attached hydrogens (primary N) is 13. The van der Waals surface area contributed by atoms with Gasteiger partial charge in [0.05, 0.1) is 0 Å². The normalized spacial score (nSPS) is 43.4. The SMILES string of the molecule is CC1C(N)CCCC1N.CC1CC(C)(C)C(CN)C1N.CC1CCC(N)CC1N.CCC1CC(CC2CC(C)C(N)C(CC)C2)CC(C)C1N.CCC1CC2CCC1C2.CCN.NC1CCC(N)CC1.NC1CCCC(N)C1. The summed E-state index contributed by atoms with van der Waals surface area (Å²) >= 11 is 0. The smallest absolute Gasteiger partial charge is 0.0110 e. The van der Waals surface area contributed by atoms with Gasteiger partial charge in [-0.3, -0.25) is 0 Å². The van der Waals surface area contributed by atoms with Gasteiger partial charge in [0.25, 0.3) is 0 Å². The molecular formula is C65H141N13. The Morgan fingerprint density at radius 2 is 0.821 bits per heavy atom. The summed E-state index contributed by atoms with van der Waals surface area (Å²) in [5.41, 5.74) is 75.4. The van der Waals surface area contributed by atoms with Gasteiger partial charge in [-0.1, -0.05) is 115 Å². The lowest BCUT2D eigenvalue weighted by Gasteiger charge is -2.43. The molecule has 9 fully saturated rings. The van der Waals surface area contributed by atoms with Crippen LogP contribution in [0.15, 0.2) is 0 Å². The van der Waals surface area contributed by atoms with Crippen molar-refractivity contribution in [3.05, 3.63) is 0 Å². The van der Waals surface area contributed by atoms with E-state index in [1.54, 1.807) is 25.7 Å². The second-order valence-corrected chi connectivity index (χ2v) is 28.9. The van der Waals surface area contributed by atoms with Gasteiger partial charge in [-0.15, -0.1) is 0 Å². The maximum atomic E-state index is 6.40. The lowest BCUT2D eigenvalue weighted by Crippen LogP contribution is -2.44. The van der Waals surface area contributed by atoms with Gasteiger partial charge in [0.2, 0.25) is 0 Å². The Balaban J connectivity index is 0.000000319. The molecule has 0 amide bonds. The minimum absolute atomic E-state index is 0.315. The highest BCUT2D eigenvalue weighted by molar-refractivity contribution is 4.98. The molecule has 9 saturated carbocycles. The first-order chi connectivity index (χ1) is 36.7. The number of hydrogen-bond acceptors (Lipinski definition) is 13. The maximum Gasteiger partial charge on any atom is 0.0110 e. The molecule has 21 atom stereocenters. The standard InChI is InChI=1S/C19H38N2.C9H20N2.C9H16.2C7H16N2.2C6H14N2.C2H7N/c1-5-16-10-14(7-12(3)18(16)20)9-15-8-13(4)19(21)17(6-2)11-15;1-6-4-9(2,3)7(5-10)8(6)11;1-2-8-5-7-3-4-9(8)6-7;1-5-2-3-6(8)4-7(5)9;1-5-6(8)3-2-4-7(5)9;7-5-1-2-6(8)4-3-5;7-5-2-1-3-6(8)4-5;1-2-3/h12-19H,5-11,20-21H2,1-4H3;6-8H,4-5,10-11H2,1-3H3;7-9H,2-6H2,1H3;2*5-7H,2-4,8-9H2,1H3;2*5-6H,1-4,7-8H2;2-3H2,1H3. The van der Waals surface area contributed by atoms with E-state index >= 15 is 0 Å². The Morgan fingerprint density at radius 1 is 0.385 bits per heavy atom. The van der Waals surface area contributed by atoms with Crippen LogP contribution in [0, 0.1) is 82.3 Å². The highest BCUT2D eigenvalue weighted by atomic mass is 14.8. The van der Waals surface area contributed by atoms with Gasteiger partial charge >= 0.3 is 0 Å². The van der Waals surface area contributed by atoms with Crippen molar-refractivity contribution in [3.63, 3.8) is 0 Å². The topological polar surface area (TPSA) is 338 Å². The lowest BCUT2D eigenvalue weighted by atomic mass is 9.65. The summed E-state index contributed by atoms with van der Waals surface area (Å²) in [6.07, 6.45) is 34.4. The van der Waals surface area contributed by atoms with E-state index < -0.39 is 0 Å². The molecule has 0 radical (unpaired) electrons. The molecule has 9 rings (SSSR count). The van der Waals surface area contributed by atoms with Gasteiger partial charge in [-0.25, -0.2) is 0 Å². The van der Waals surface area contributed by atoms with Gasteiger partial charge in [0.1, 0.15) is 0 Å². The molecule has 9 aliphatic carbocycles. The van der Waals surface area contributed by atoms with Crippen molar-refractivity contribution < 1.29 is 0 Å². The van der Waals surface area contributed by atoms with Crippen LogP contribution >= 0.6 is 0 Å². The molecule has 0 saturated heterocycles. The van der Waals surface area contributed by atoms with Crippen molar-refractivity contribution in [1.82, 2.24) is 0 Å². The molecule has 0 heterocycles. The molecule has 13 heteroatoms. The molecule has 78 heavy (non-hydrogen) atoms. The molecule has 0 aromatic heterocycles. The van der Waals surface area contributed by atoms with Gasteiger partial charge < -0.3 is 74.5 Å². The first-order valence-corrected chi connectivity index (χ1v) is 33.5. The van der Waals surface area contributed by atoms with Crippen molar-refractivity contribution in [1.29, 1.82) is 0 Å². The second-order valence-electron chi connectivity index (χ2n) is 28.9. The number of fused-ring (bicyclic) bond motifs is 2. The molecule has 466 valence electrons. The molecule has 0 aromatic rings. The summed E-state index contributed by atoms with van der Waals surface area (Å²) < 4.78 is 0. The highest BCUT2D eigenvalue weighted by Crippen LogP contribution is 2.49. The third kappa shape index (κ3) is 26.2. The molecule has 9 aliphatic rings. The summed E-state index contributed by atoms with van der Waals surface area (Å²) in [7, 11) is 0. The summed E-state index contributed by atoms with van der Waals surface area (Å²) in [5.74, 6) is 10.5. The van der Waals surface area contributed by atoms with Crippen molar-refractivity contribution in [2.75, 3.05) is 13.1 Å². The van der Waals surface area contributed by atoms with Gasteiger partial charge in [-0.2, -0.15) is 0 Å². The zero-order valence-corrected chi connectivity index (χ0v) is 53.4. The van der Waals surface area contributed by atoms with Crippen LogP contribution in [0.25, 0.3) is 0 Å². The number of hydrogen-bond donors (Lipinski definition) is 13. The fourth-order valence-electron chi connectivity index (χ4n) is 16.0. The predicted molar refractivity (Wildman–Crippen MR) is 341 cm³/mol. The predicted octanol–water partition coefficient (Wildman–Crippen LogP) is 9.28. The first kappa shape index (κ1) is 73.6. The third-order valence-electron chi connectivity index (χ3n) is 21.7. The van der Waals surface area contributed by atoms with E-state index in [9.17, 15) is 0 Å². The Kier molecular flexibility index (Phi) is 36.3. The Morgan fingerprint density at radius 3 is 1.12 bits per heavy atom. The maximum absolute atomic E-state index is 6.40. The number of rotatable bonds is 6. The lowest BCUT2D eigenvalue weighted by molar-refractivity contribution is 0.106. The second kappa shape index (κ2) is 38.4. The largest absolute Gasteiger partial charge is 0.331 e. The monoisotopic (exact) mass is 1100 g/mol. The fraction of sp³-hybridized carbons (Fsp3) is 1.00. The van der Waals surface area contributed by atoms with Crippen LogP contribution in [0.2, 0.25) is 0 Å². The Hall–Kier alpha value is -0.520. The Labute approximate surface area is 484 Å². The van der Waals surface area contributed by atoms with Crippen LogP contribution in [0.3, 0.4) is 0 Å². The zero-order valence-electron chi connectivity index (χ0n) is 53.4. The van der Waals surface area contributed by atoms with E-state index in [2.05, 4.69) is 69.2 Å². The summed E-state index contributed by atoms with van der Waals surface area (Å²) in [6.45, 7) is 26.2. The minimum atomic E-state index is 0.315. The average molecular weight is 1100 g/mol. The van der Waals surface area contributed by atoms with Crippen LogP contribution in [0.4, 0.5) is 0 Å². The van der Waals surface area contributed by atoms with Crippen LogP contribution < -0.4 is 74.5 Å². The van der Waals surface area contributed by atoms with Crippen molar-refractivity contribution in [3.8, 4) is 0 Å². The average Bonchev–Trinajstić information content (AvgIpc) is 4.08. The zero-order chi connectivity index (χ0) is 58.9. The van der Waals surface area contributed by atoms with Crippen LogP contribution in [0.5, 0.6) is 0 Å². The quantitative estimate of drug-likeness (QED) is 0.118. The molecule has 21 unspecified atom stereocenters. The van der Waals surface area contributed by atoms with Crippen LogP contribution in [0.1, 0.15) is 250 Å². The van der Waals surface area contributed by atoms with Crippen LogP contribution in [-0.4, -0.2) is 79.5 Å². The van der Waals surface area contributed by atoms with Crippen molar-refractivity contribution in [2.24, 2.45) is 157 Å². The summed E-state index contributed by atoms with van der Waals surface area (Å²) in [4.78, 5) is 0. The van der Waals surface area contributed by atoms with E-state index in [1.165, 1.54) is 89.9 Å². The van der Waals surface area contributed by atoms with E-state index in [1.807, 2.05) is 6.92 Å². The van der Waals surface area contributed by atoms with E-state index in [0.29, 0.717) is 107 Å². The van der Waals surface area contributed by atoms with Gasteiger partial charge in [0.15, 0.2) is 0 Å². The molecular weight excluding hydrogens is 963 g/mol. The molecule has 13 nitrogen and oxygen atoms in total. The molecule has 2 bridgehead atoms. The van der Waals surface area contributed by atoms with Gasteiger partial charge in [0, 0.05) is 66.5 Å². The molecule has 0 spiro atoms. The summed E-state index contributed by atoms with van der Waals surface area (Å²) in [6, 6.07) is 4.28. The minimum Gasteiger partial charge on any atom is -0.331 e. The van der Waals surface area contributed by atoms with Crippen LogP contribution in [-0.2, 0) is 0 Å². The van der Waals surface area contributed by atoms with E-state index in [4.69, 9.17) is 74.5 Å². The molecule has 0 aromatic carbocycles. The molecule has 26 N–H and O–H groups in total. The third-order valence-corrected chi connectivity index (χ3v) is 21.7. The fourth-order valence-corrected chi connectivity index (χ4v) is 16.0. The Bertz CT molecular complexity index is 1420. The van der Waals surface area contributed by atoms with E-state index in [-0.39, 0.29) is 0 Å². The first-order valence-electron chi connectivity index (χ1n) is 33.5. The summed E-state index contributed by atoms with van der Waals surface area (Å²) in [5, 5.41) is 0. The van der Waals surface area contributed by atoms with E-state index in [0.717, 1.165) is 112 Å². The molecule has 0 aliphatic heterocycles.